The molecule has 0 spiro atoms. The first-order valence-electron chi connectivity index (χ1n) is 8.23. The topological polar surface area (TPSA) is 40.5 Å². The molecule has 1 rings (SSSR count). The zero-order valence-corrected chi connectivity index (χ0v) is 15.0. The van der Waals surface area contributed by atoms with Crippen molar-refractivity contribution in [2.45, 2.75) is 66.7 Å². The fourth-order valence-corrected chi connectivity index (χ4v) is 2.91. The van der Waals surface area contributed by atoms with Gasteiger partial charge in [-0.1, -0.05) is 43.7 Å². The highest BCUT2D eigenvalue weighted by Crippen LogP contribution is 2.30. The summed E-state index contributed by atoms with van der Waals surface area (Å²) in [6.45, 7) is 14.0. The Bertz CT molecular complexity index is 471. The maximum Gasteiger partial charge on any atom is 0.226 e. The Morgan fingerprint density at radius 2 is 1.41 bits per heavy atom. The van der Waals surface area contributed by atoms with Gasteiger partial charge in [0.1, 0.15) is 0 Å². The van der Waals surface area contributed by atoms with Gasteiger partial charge in [0, 0.05) is 18.0 Å². The number of hydrogen-bond acceptors (Lipinski definition) is 2. The van der Waals surface area contributed by atoms with E-state index in [1.807, 2.05) is 77.6 Å². The zero-order chi connectivity index (χ0) is 17.0. The Hall–Kier alpha value is -1.35. The molecule has 0 aliphatic rings. The van der Waals surface area contributed by atoms with Gasteiger partial charge in [-0.15, -0.1) is 0 Å². The van der Waals surface area contributed by atoms with Gasteiger partial charge in [0.25, 0.3) is 0 Å². The van der Waals surface area contributed by atoms with Gasteiger partial charge in [-0.2, -0.15) is 0 Å². The molecule has 0 saturated carbocycles. The van der Waals surface area contributed by atoms with E-state index < -0.39 is 6.10 Å². The van der Waals surface area contributed by atoms with E-state index in [-0.39, 0.29) is 29.8 Å². The Kier molecular flexibility index (Phi) is 6.61. The minimum Gasteiger partial charge on any atom is -0.388 e. The second-order valence-corrected chi connectivity index (χ2v) is 6.94. The third kappa shape index (κ3) is 4.33. The first kappa shape index (κ1) is 18.7. The average Bonchev–Trinajstić information content (AvgIpc) is 2.44. The van der Waals surface area contributed by atoms with Gasteiger partial charge in [0.05, 0.1) is 6.10 Å². The molecule has 1 aromatic rings. The highest BCUT2D eigenvalue weighted by atomic mass is 16.3. The van der Waals surface area contributed by atoms with Crippen molar-refractivity contribution in [1.82, 2.24) is 4.90 Å². The Labute approximate surface area is 135 Å². The third-order valence-electron chi connectivity index (χ3n) is 4.46. The molecule has 22 heavy (non-hydrogen) atoms. The monoisotopic (exact) mass is 305 g/mol. The van der Waals surface area contributed by atoms with Crippen LogP contribution in [0.25, 0.3) is 0 Å². The second kappa shape index (κ2) is 7.77. The standard InChI is InChI=1S/C19H31NO2/c1-12(2)20(13(3)4)19(22)16(7)15(6)18(21)17-10-8-14(5)9-11-17/h8-13,15-16,18,21H,1-7H3/t15-,16-,18+/m1/s1. The molecular weight excluding hydrogens is 274 g/mol. The summed E-state index contributed by atoms with van der Waals surface area (Å²) in [6.07, 6.45) is -0.624. The van der Waals surface area contributed by atoms with E-state index in [4.69, 9.17) is 0 Å². The van der Waals surface area contributed by atoms with Crippen LogP contribution in [0.2, 0.25) is 0 Å². The van der Waals surface area contributed by atoms with Gasteiger partial charge in [-0.05, 0) is 46.1 Å². The van der Waals surface area contributed by atoms with Crippen LogP contribution < -0.4 is 0 Å². The van der Waals surface area contributed by atoms with Crippen LogP contribution in [0.3, 0.4) is 0 Å². The van der Waals surface area contributed by atoms with Gasteiger partial charge in [0.2, 0.25) is 5.91 Å². The summed E-state index contributed by atoms with van der Waals surface area (Å²) in [4.78, 5) is 14.7. The Balaban J connectivity index is 2.88. The molecule has 0 unspecified atom stereocenters. The molecule has 3 heteroatoms. The first-order chi connectivity index (χ1) is 10.2. The number of aliphatic hydroxyl groups excluding tert-OH is 1. The molecule has 3 atom stereocenters. The SMILES string of the molecule is Cc1ccc([C@@H](O)[C@H](C)[C@@H](C)C(=O)N(C(C)C)C(C)C)cc1. The van der Waals surface area contributed by atoms with Crippen LogP contribution in [0, 0.1) is 18.8 Å². The summed E-state index contributed by atoms with van der Waals surface area (Å²) in [7, 11) is 0. The fourth-order valence-electron chi connectivity index (χ4n) is 2.91. The molecule has 3 nitrogen and oxygen atoms in total. The molecule has 1 amide bonds. The number of aliphatic hydroxyl groups is 1. The van der Waals surface area contributed by atoms with Crippen molar-refractivity contribution >= 4 is 5.91 Å². The van der Waals surface area contributed by atoms with E-state index in [1.165, 1.54) is 5.56 Å². The molecule has 1 N–H and O–H groups in total. The van der Waals surface area contributed by atoms with Crippen molar-refractivity contribution in [2.75, 3.05) is 0 Å². The maximum atomic E-state index is 12.8. The molecule has 1 aromatic carbocycles. The number of amides is 1. The maximum absolute atomic E-state index is 12.8. The van der Waals surface area contributed by atoms with Crippen LogP contribution in [0.15, 0.2) is 24.3 Å². The molecule has 0 bridgehead atoms. The van der Waals surface area contributed by atoms with E-state index in [2.05, 4.69) is 0 Å². The van der Waals surface area contributed by atoms with Crippen LogP contribution >= 0.6 is 0 Å². The lowest BCUT2D eigenvalue weighted by Gasteiger charge is -2.35. The van der Waals surface area contributed by atoms with E-state index in [0.717, 1.165) is 5.56 Å². The Morgan fingerprint density at radius 3 is 1.82 bits per heavy atom. The van der Waals surface area contributed by atoms with E-state index in [1.54, 1.807) is 0 Å². The fraction of sp³-hybridized carbons (Fsp3) is 0.632. The van der Waals surface area contributed by atoms with Gasteiger partial charge >= 0.3 is 0 Å². The highest BCUT2D eigenvalue weighted by Gasteiger charge is 2.32. The molecule has 0 aliphatic carbocycles. The number of carbonyl (C=O) groups is 1. The van der Waals surface area contributed by atoms with Crippen molar-refractivity contribution in [2.24, 2.45) is 11.8 Å². The van der Waals surface area contributed by atoms with Crippen LogP contribution in [0.5, 0.6) is 0 Å². The molecule has 0 heterocycles. The molecule has 0 fully saturated rings. The molecule has 124 valence electrons. The minimum absolute atomic E-state index is 0.115. The van der Waals surface area contributed by atoms with Crippen LogP contribution in [0.4, 0.5) is 0 Å². The first-order valence-corrected chi connectivity index (χ1v) is 8.23. The van der Waals surface area contributed by atoms with Crippen molar-refractivity contribution in [3.63, 3.8) is 0 Å². The normalized spacial score (nSPS) is 15.7. The molecule has 0 saturated heterocycles. The number of aryl methyl sites for hydroxylation is 1. The van der Waals surface area contributed by atoms with Gasteiger partial charge in [-0.3, -0.25) is 4.79 Å². The van der Waals surface area contributed by atoms with Crippen LogP contribution in [-0.4, -0.2) is 28.0 Å². The average molecular weight is 305 g/mol. The van der Waals surface area contributed by atoms with E-state index in [9.17, 15) is 9.90 Å². The second-order valence-electron chi connectivity index (χ2n) is 6.94. The molecule has 0 aliphatic heterocycles. The van der Waals surface area contributed by atoms with Crippen LogP contribution in [-0.2, 0) is 4.79 Å². The summed E-state index contributed by atoms with van der Waals surface area (Å²) in [6, 6.07) is 8.20. The van der Waals surface area contributed by atoms with Crippen molar-refractivity contribution in [1.29, 1.82) is 0 Å². The van der Waals surface area contributed by atoms with Gasteiger partial charge < -0.3 is 10.0 Å². The predicted octanol–water partition coefficient (Wildman–Crippen LogP) is 3.95. The van der Waals surface area contributed by atoms with Crippen LogP contribution in [0.1, 0.15) is 58.8 Å². The quantitative estimate of drug-likeness (QED) is 0.864. The molecule has 0 aromatic heterocycles. The number of rotatable bonds is 6. The zero-order valence-electron chi connectivity index (χ0n) is 15.0. The minimum atomic E-state index is -0.624. The van der Waals surface area contributed by atoms with Crippen molar-refractivity contribution in [3.05, 3.63) is 35.4 Å². The summed E-state index contributed by atoms with van der Waals surface area (Å²) in [5, 5.41) is 10.6. The number of benzene rings is 1. The summed E-state index contributed by atoms with van der Waals surface area (Å²) < 4.78 is 0. The lowest BCUT2D eigenvalue weighted by Crippen LogP contribution is -2.46. The van der Waals surface area contributed by atoms with Gasteiger partial charge in [-0.25, -0.2) is 0 Å². The number of hydrogen-bond donors (Lipinski definition) is 1. The summed E-state index contributed by atoms with van der Waals surface area (Å²) in [5.74, 6) is -0.236. The highest BCUT2D eigenvalue weighted by molar-refractivity contribution is 5.79. The van der Waals surface area contributed by atoms with E-state index >= 15 is 0 Å². The lowest BCUT2D eigenvalue weighted by atomic mass is 9.85. The number of carbonyl (C=O) groups excluding carboxylic acids is 1. The number of nitrogens with zero attached hydrogens (tertiary/aromatic N) is 1. The summed E-state index contributed by atoms with van der Waals surface area (Å²) in [5.41, 5.74) is 2.04. The predicted molar refractivity (Wildman–Crippen MR) is 91.6 cm³/mol. The molecule has 0 radical (unpaired) electrons. The van der Waals surface area contributed by atoms with E-state index in [0.29, 0.717) is 0 Å². The summed E-state index contributed by atoms with van der Waals surface area (Å²) >= 11 is 0. The molecular formula is C19H31NO2. The smallest absolute Gasteiger partial charge is 0.226 e. The Morgan fingerprint density at radius 1 is 0.955 bits per heavy atom. The van der Waals surface area contributed by atoms with Gasteiger partial charge in [0.15, 0.2) is 0 Å². The third-order valence-corrected chi connectivity index (χ3v) is 4.46. The van der Waals surface area contributed by atoms with Crippen molar-refractivity contribution < 1.29 is 9.90 Å². The van der Waals surface area contributed by atoms with Crippen molar-refractivity contribution in [3.8, 4) is 0 Å². The largest absolute Gasteiger partial charge is 0.388 e. The lowest BCUT2D eigenvalue weighted by molar-refractivity contribution is -0.141.